The van der Waals surface area contributed by atoms with Crippen LogP contribution < -0.4 is 0 Å². The Labute approximate surface area is 179 Å². The summed E-state index contributed by atoms with van der Waals surface area (Å²) in [4.78, 5) is 42.0. The van der Waals surface area contributed by atoms with E-state index in [0.29, 0.717) is 39.5 Å². The first-order valence-corrected chi connectivity index (χ1v) is 10.2. The summed E-state index contributed by atoms with van der Waals surface area (Å²) < 4.78 is 15.0. The molecular formula is C19H38N4O7. The molecule has 0 aromatic rings. The van der Waals surface area contributed by atoms with Crippen molar-refractivity contribution in [3.63, 3.8) is 0 Å². The second-order valence-electron chi connectivity index (χ2n) is 7.07. The molecule has 176 valence electrons. The molecule has 0 atom stereocenters. The zero-order valence-electron chi connectivity index (χ0n) is 18.8. The summed E-state index contributed by atoms with van der Waals surface area (Å²) in [6.07, 6.45) is 0. The van der Waals surface area contributed by atoms with Crippen molar-refractivity contribution in [2.45, 2.75) is 0 Å². The van der Waals surface area contributed by atoms with Crippen molar-refractivity contribution in [1.29, 1.82) is 0 Å². The third-order valence-electron chi connectivity index (χ3n) is 5.01. The third-order valence-corrected chi connectivity index (χ3v) is 5.01. The minimum Gasteiger partial charge on any atom is -0.468 e. The molecule has 0 unspecified atom stereocenters. The van der Waals surface area contributed by atoms with E-state index in [-0.39, 0.29) is 25.0 Å². The second-order valence-corrected chi connectivity index (χ2v) is 7.07. The molecule has 0 radical (unpaired) electrons. The van der Waals surface area contributed by atoms with Gasteiger partial charge in [-0.1, -0.05) is 0 Å². The van der Waals surface area contributed by atoms with Crippen molar-refractivity contribution < 1.29 is 33.6 Å². The highest BCUT2D eigenvalue weighted by Gasteiger charge is 2.19. The zero-order chi connectivity index (χ0) is 22.2. The SMILES string of the molecule is COCN1CCN(CCOOC)CCN(CC(=O)OC)CCN(CC(=O)OC)CC1. The van der Waals surface area contributed by atoms with Crippen LogP contribution >= 0.6 is 0 Å². The van der Waals surface area contributed by atoms with Crippen LogP contribution in [0.2, 0.25) is 0 Å². The van der Waals surface area contributed by atoms with E-state index in [1.165, 1.54) is 21.3 Å². The molecule has 11 heteroatoms. The quantitative estimate of drug-likeness (QED) is 0.178. The van der Waals surface area contributed by atoms with Gasteiger partial charge in [0.15, 0.2) is 0 Å². The van der Waals surface area contributed by atoms with Gasteiger partial charge in [0.05, 0.1) is 47.8 Å². The molecule has 1 fully saturated rings. The number of ether oxygens (including phenoxy) is 3. The van der Waals surface area contributed by atoms with E-state index in [1.54, 1.807) is 7.11 Å². The Morgan fingerprint density at radius 1 is 0.667 bits per heavy atom. The van der Waals surface area contributed by atoms with Crippen LogP contribution in [0.1, 0.15) is 0 Å². The van der Waals surface area contributed by atoms with E-state index in [9.17, 15) is 9.59 Å². The van der Waals surface area contributed by atoms with Crippen LogP contribution in [0.25, 0.3) is 0 Å². The van der Waals surface area contributed by atoms with Crippen molar-refractivity contribution in [3.8, 4) is 0 Å². The van der Waals surface area contributed by atoms with Crippen LogP contribution in [0.15, 0.2) is 0 Å². The normalized spacial score (nSPS) is 19.1. The number of hydrogen-bond donors (Lipinski definition) is 0. The zero-order valence-corrected chi connectivity index (χ0v) is 18.8. The van der Waals surface area contributed by atoms with Crippen molar-refractivity contribution in [3.05, 3.63) is 0 Å². The van der Waals surface area contributed by atoms with Crippen molar-refractivity contribution in [1.82, 2.24) is 19.6 Å². The summed E-state index contributed by atoms with van der Waals surface area (Å²) in [5.74, 6) is -0.550. The maximum Gasteiger partial charge on any atom is 0.319 e. The Morgan fingerprint density at radius 2 is 1.10 bits per heavy atom. The van der Waals surface area contributed by atoms with E-state index < -0.39 is 0 Å². The Hall–Kier alpha value is -1.34. The lowest BCUT2D eigenvalue weighted by atomic mass is 10.3. The Kier molecular flexibility index (Phi) is 14.6. The van der Waals surface area contributed by atoms with E-state index >= 15 is 0 Å². The van der Waals surface area contributed by atoms with Gasteiger partial charge in [-0.15, -0.1) is 0 Å². The first-order chi connectivity index (χ1) is 14.5. The predicted octanol–water partition coefficient (Wildman–Crippen LogP) is -1.26. The molecule has 1 saturated heterocycles. The Morgan fingerprint density at radius 3 is 1.50 bits per heavy atom. The number of carbonyl (C=O) groups excluding carboxylic acids is 2. The van der Waals surface area contributed by atoms with Crippen molar-refractivity contribution >= 4 is 11.9 Å². The average Bonchev–Trinajstić information content (AvgIpc) is 2.74. The monoisotopic (exact) mass is 434 g/mol. The fourth-order valence-corrected chi connectivity index (χ4v) is 3.17. The first-order valence-electron chi connectivity index (χ1n) is 10.2. The molecule has 0 amide bonds. The van der Waals surface area contributed by atoms with Gasteiger partial charge >= 0.3 is 11.9 Å². The highest BCUT2D eigenvalue weighted by atomic mass is 17.2. The topological polar surface area (TPSA) is 93.3 Å². The molecule has 0 saturated carbocycles. The molecule has 0 aliphatic carbocycles. The lowest BCUT2D eigenvalue weighted by Crippen LogP contribution is -2.48. The van der Waals surface area contributed by atoms with Crippen molar-refractivity contribution in [2.24, 2.45) is 0 Å². The molecule has 0 aromatic heterocycles. The van der Waals surface area contributed by atoms with Gasteiger partial charge in [-0.25, -0.2) is 9.78 Å². The van der Waals surface area contributed by atoms with Gasteiger partial charge in [-0.05, 0) is 0 Å². The fourth-order valence-electron chi connectivity index (χ4n) is 3.17. The van der Waals surface area contributed by atoms with Crippen LogP contribution in [0, 0.1) is 0 Å². The van der Waals surface area contributed by atoms with Gasteiger partial charge in [-0.3, -0.25) is 29.2 Å². The molecule has 1 aliphatic rings. The molecule has 0 bridgehead atoms. The molecule has 0 aromatic carbocycles. The third kappa shape index (κ3) is 11.7. The van der Waals surface area contributed by atoms with E-state index in [2.05, 4.69) is 14.7 Å². The summed E-state index contributed by atoms with van der Waals surface area (Å²) in [5, 5.41) is 0. The van der Waals surface area contributed by atoms with Crippen LogP contribution in [-0.4, -0.2) is 145 Å². The van der Waals surface area contributed by atoms with Crippen LogP contribution in [-0.2, 0) is 33.6 Å². The van der Waals surface area contributed by atoms with E-state index in [1.807, 2.05) is 4.90 Å². The maximum atomic E-state index is 11.8. The van der Waals surface area contributed by atoms with Gasteiger partial charge in [0.2, 0.25) is 0 Å². The molecule has 1 aliphatic heterocycles. The number of esters is 2. The summed E-state index contributed by atoms with van der Waals surface area (Å²) in [6.45, 7) is 7.93. The lowest BCUT2D eigenvalue weighted by Gasteiger charge is -2.33. The highest BCUT2D eigenvalue weighted by Crippen LogP contribution is 2.02. The maximum absolute atomic E-state index is 11.8. The van der Waals surface area contributed by atoms with Gasteiger partial charge in [0.25, 0.3) is 0 Å². The summed E-state index contributed by atoms with van der Waals surface area (Å²) in [5.41, 5.74) is 0. The summed E-state index contributed by atoms with van der Waals surface area (Å²) in [6, 6.07) is 0. The number of methoxy groups -OCH3 is 3. The summed E-state index contributed by atoms with van der Waals surface area (Å²) >= 11 is 0. The molecule has 11 nitrogen and oxygen atoms in total. The molecule has 1 rings (SSSR count). The molecule has 0 N–H and O–H groups in total. The standard InChI is InChI=1S/C19H38N4O7/c1-26-17-23-11-6-20(13-14-30-29-4)5-7-21(15-18(24)27-2)8-9-22(10-12-23)16-19(25)28-3/h5-17H2,1-4H3. The Bertz CT molecular complexity index is 484. The number of rotatable bonds is 10. The van der Waals surface area contributed by atoms with Gasteiger partial charge in [0.1, 0.15) is 0 Å². The second kappa shape index (κ2) is 16.4. The van der Waals surface area contributed by atoms with E-state index in [0.717, 1.165) is 32.7 Å². The summed E-state index contributed by atoms with van der Waals surface area (Å²) in [7, 11) is 5.95. The largest absolute Gasteiger partial charge is 0.468 e. The average molecular weight is 435 g/mol. The van der Waals surface area contributed by atoms with E-state index in [4.69, 9.17) is 24.0 Å². The predicted molar refractivity (Wildman–Crippen MR) is 110 cm³/mol. The van der Waals surface area contributed by atoms with Gasteiger partial charge in [0, 0.05) is 66.0 Å². The molecular weight excluding hydrogens is 396 g/mol. The first kappa shape index (κ1) is 26.7. The Balaban J connectivity index is 2.84. The molecule has 1 heterocycles. The lowest BCUT2D eigenvalue weighted by molar-refractivity contribution is -0.273. The number of nitrogens with zero attached hydrogens (tertiary/aromatic N) is 4. The van der Waals surface area contributed by atoms with Crippen molar-refractivity contribution in [2.75, 3.05) is 114 Å². The fraction of sp³-hybridized carbons (Fsp3) is 0.895. The number of hydrogen-bond acceptors (Lipinski definition) is 11. The van der Waals surface area contributed by atoms with Crippen LogP contribution in [0.4, 0.5) is 0 Å². The molecule has 0 spiro atoms. The number of carbonyl (C=O) groups is 2. The van der Waals surface area contributed by atoms with Gasteiger partial charge < -0.3 is 14.2 Å². The minimum atomic E-state index is -0.276. The van der Waals surface area contributed by atoms with Crippen LogP contribution in [0.3, 0.4) is 0 Å². The highest BCUT2D eigenvalue weighted by molar-refractivity contribution is 5.71. The minimum absolute atomic E-state index is 0.209. The van der Waals surface area contributed by atoms with Crippen LogP contribution in [0.5, 0.6) is 0 Å². The smallest absolute Gasteiger partial charge is 0.319 e. The molecule has 30 heavy (non-hydrogen) atoms. The van der Waals surface area contributed by atoms with Gasteiger partial charge in [-0.2, -0.15) is 0 Å².